The molecule has 64 valence electrons. The molecule has 0 bridgehead atoms. The van der Waals surface area contributed by atoms with Crippen molar-refractivity contribution < 1.29 is 0 Å². The second-order valence-corrected chi connectivity index (χ2v) is 3.36. The normalized spacial score (nSPS) is 9.75. The van der Waals surface area contributed by atoms with Gasteiger partial charge in [-0.25, -0.2) is 0 Å². The molecule has 0 fully saturated rings. The van der Waals surface area contributed by atoms with Gasteiger partial charge in [0.2, 0.25) is 0 Å². The van der Waals surface area contributed by atoms with Gasteiger partial charge >= 0.3 is 0 Å². The van der Waals surface area contributed by atoms with E-state index in [0.29, 0.717) is 0 Å². The predicted octanol–water partition coefficient (Wildman–Crippen LogP) is 3.48. The van der Waals surface area contributed by atoms with E-state index in [1.54, 1.807) is 0 Å². The Bertz CT molecular complexity index is 236. The number of hydrogen-bond acceptors (Lipinski definition) is 1. The van der Waals surface area contributed by atoms with Crippen LogP contribution in [0.15, 0.2) is 41.8 Å². The minimum Gasteiger partial charge on any atom is -0.143 e. The molecule has 1 rings (SSSR count). The molecule has 1 heteroatoms. The summed E-state index contributed by atoms with van der Waals surface area (Å²) in [6.45, 7) is 3.69. The highest BCUT2D eigenvalue weighted by molar-refractivity contribution is 7.80. The van der Waals surface area contributed by atoms with Gasteiger partial charge in [0, 0.05) is 4.90 Å². The number of aryl methyl sites for hydroxylation is 1. The molecule has 1 aromatic carbocycles. The van der Waals surface area contributed by atoms with Crippen molar-refractivity contribution in [3.05, 3.63) is 42.5 Å². The third-order valence-corrected chi connectivity index (χ3v) is 2.11. The van der Waals surface area contributed by atoms with Gasteiger partial charge in [-0.05, 0) is 37.0 Å². The smallest absolute Gasteiger partial charge is 0.00401 e. The molecule has 0 saturated carbocycles. The molecule has 0 saturated heterocycles. The second-order valence-electron chi connectivity index (χ2n) is 2.85. The SMILES string of the molecule is C=CCCCc1ccc(S)cc1. The third kappa shape index (κ3) is 3.14. The molecule has 0 aliphatic carbocycles. The topological polar surface area (TPSA) is 0 Å². The lowest BCUT2D eigenvalue weighted by molar-refractivity contribution is 0.843. The Kier molecular flexibility index (Phi) is 3.95. The number of benzene rings is 1. The van der Waals surface area contributed by atoms with Crippen molar-refractivity contribution in [1.82, 2.24) is 0 Å². The molecule has 0 aromatic heterocycles. The predicted molar refractivity (Wildman–Crippen MR) is 56.8 cm³/mol. The highest BCUT2D eigenvalue weighted by atomic mass is 32.1. The van der Waals surface area contributed by atoms with Gasteiger partial charge < -0.3 is 0 Å². The number of unbranched alkanes of at least 4 members (excludes halogenated alkanes) is 1. The number of hydrogen-bond donors (Lipinski definition) is 1. The molecule has 0 unspecified atom stereocenters. The number of thiol groups is 1. The van der Waals surface area contributed by atoms with Gasteiger partial charge in [0.1, 0.15) is 0 Å². The maximum absolute atomic E-state index is 4.22. The van der Waals surface area contributed by atoms with E-state index < -0.39 is 0 Å². The molecular weight excluding hydrogens is 164 g/mol. The van der Waals surface area contributed by atoms with E-state index in [1.165, 1.54) is 12.0 Å². The summed E-state index contributed by atoms with van der Waals surface area (Å²) in [6, 6.07) is 8.33. The monoisotopic (exact) mass is 178 g/mol. The van der Waals surface area contributed by atoms with Crippen molar-refractivity contribution in [3.63, 3.8) is 0 Å². The first kappa shape index (κ1) is 9.40. The van der Waals surface area contributed by atoms with E-state index >= 15 is 0 Å². The van der Waals surface area contributed by atoms with E-state index in [-0.39, 0.29) is 0 Å². The van der Waals surface area contributed by atoms with Gasteiger partial charge in [-0.15, -0.1) is 19.2 Å². The van der Waals surface area contributed by atoms with Gasteiger partial charge in [-0.3, -0.25) is 0 Å². The Balaban J connectivity index is 2.42. The van der Waals surface area contributed by atoms with Gasteiger partial charge in [-0.2, -0.15) is 0 Å². The van der Waals surface area contributed by atoms with Crippen LogP contribution in [0.25, 0.3) is 0 Å². The van der Waals surface area contributed by atoms with E-state index in [0.717, 1.165) is 17.7 Å². The number of rotatable bonds is 4. The Morgan fingerprint density at radius 1 is 1.25 bits per heavy atom. The van der Waals surface area contributed by atoms with Crippen LogP contribution >= 0.6 is 12.6 Å². The van der Waals surface area contributed by atoms with E-state index in [1.807, 2.05) is 18.2 Å². The highest BCUT2D eigenvalue weighted by Crippen LogP contribution is 2.10. The molecule has 0 aliphatic heterocycles. The molecule has 0 nitrogen and oxygen atoms in total. The molecule has 0 amide bonds. The van der Waals surface area contributed by atoms with Crippen molar-refractivity contribution in [2.75, 3.05) is 0 Å². The minimum absolute atomic E-state index is 1.03. The quantitative estimate of drug-likeness (QED) is 0.407. The lowest BCUT2D eigenvalue weighted by Gasteiger charge is -1.99. The summed E-state index contributed by atoms with van der Waals surface area (Å²) in [5, 5.41) is 0. The lowest BCUT2D eigenvalue weighted by Crippen LogP contribution is -1.83. The first-order chi connectivity index (χ1) is 5.83. The Morgan fingerprint density at radius 3 is 2.50 bits per heavy atom. The van der Waals surface area contributed by atoms with E-state index in [2.05, 4.69) is 31.3 Å². The second kappa shape index (κ2) is 5.04. The summed E-state index contributed by atoms with van der Waals surface area (Å²) < 4.78 is 0. The zero-order chi connectivity index (χ0) is 8.81. The minimum atomic E-state index is 1.03. The fraction of sp³-hybridized carbons (Fsp3) is 0.273. The average Bonchev–Trinajstić information content (AvgIpc) is 2.09. The molecule has 0 aliphatic rings. The zero-order valence-corrected chi connectivity index (χ0v) is 8.06. The number of allylic oxidation sites excluding steroid dienone is 1. The standard InChI is InChI=1S/C11H14S/c1-2-3-4-5-10-6-8-11(12)9-7-10/h2,6-9,12H,1,3-5H2. The third-order valence-electron chi connectivity index (χ3n) is 1.81. The molecule has 0 N–H and O–H groups in total. The summed E-state index contributed by atoms with van der Waals surface area (Å²) in [7, 11) is 0. The summed E-state index contributed by atoms with van der Waals surface area (Å²) in [6.07, 6.45) is 5.39. The van der Waals surface area contributed by atoms with Crippen LogP contribution in [-0.2, 0) is 6.42 Å². The van der Waals surface area contributed by atoms with Crippen molar-refractivity contribution >= 4 is 12.6 Å². The zero-order valence-electron chi connectivity index (χ0n) is 7.16. The van der Waals surface area contributed by atoms with E-state index in [9.17, 15) is 0 Å². The lowest BCUT2D eigenvalue weighted by atomic mass is 10.1. The summed E-state index contributed by atoms with van der Waals surface area (Å²) in [5.74, 6) is 0. The van der Waals surface area contributed by atoms with Gasteiger partial charge in [-0.1, -0.05) is 18.2 Å². The van der Waals surface area contributed by atoms with Gasteiger partial charge in [0.05, 0.1) is 0 Å². The van der Waals surface area contributed by atoms with Crippen LogP contribution in [0.4, 0.5) is 0 Å². The Hall–Kier alpha value is -0.690. The van der Waals surface area contributed by atoms with Crippen molar-refractivity contribution in [2.45, 2.75) is 24.2 Å². The first-order valence-corrected chi connectivity index (χ1v) is 4.66. The molecule has 0 spiro atoms. The largest absolute Gasteiger partial charge is 0.143 e. The van der Waals surface area contributed by atoms with E-state index in [4.69, 9.17) is 0 Å². The Morgan fingerprint density at radius 2 is 1.92 bits per heavy atom. The maximum Gasteiger partial charge on any atom is 0.00401 e. The molecular formula is C11H14S. The van der Waals surface area contributed by atoms with Crippen molar-refractivity contribution in [3.8, 4) is 0 Å². The molecule has 0 radical (unpaired) electrons. The van der Waals surface area contributed by atoms with Crippen LogP contribution in [0.2, 0.25) is 0 Å². The maximum atomic E-state index is 4.22. The molecule has 1 aromatic rings. The average molecular weight is 178 g/mol. The van der Waals surface area contributed by atoms with Crippen molar-refractivity contribution in [1.29, 1.82) is 0 Å². The van der Waals surface area contributed by atoms with Crippen LogP contribution in [0.3, 0.4) is 0 Å². The van der Waals surface area contributed by atoms with Crippen LogP contribution in [0, 0.1) is 0 Å². The van der Waals surface area contributed by atoms with Gasteiger partial charge in [0.25, 0.3) is 0 Å². The van der Waals surface area contributed by atoms with Crippen LogP contribution < -0.4 is 0 Å². The summed E-state index contributed by atoms with van der Waals surface area (Å²) in [4.78, 5) is 1.03. The van der Waals surface area contributed by atoms with Gasteiger partial charge in [0.15, 0.2) is 0 Å². The highest BCUT2D eigenvalue weighted by Gasteiger charge is 1.91. The first-order valence-electron chi connectivity index (χ1n) is 4.22. The van der Waals surface area contributed by atoms with Crippen LogP contribution in [0.5, 0.6) is 0 Å². The van der Waals surface area contributed by atoms with Crippen molar-refractivity contribution in [2.24, 2.45) is 0 Å². The molecule has 12 heavy (non-hydrogen) atoms. The molecule has 0 heterocycles. The fourth-order valence-corrected chi connectivity index (χ4v) is 1.26. The fourth-order valence-electron chi connectivity index (χ4n) is 1.11. The summed E-state index contributed by atoms with van der Waals surface area (Å²) in [5.41, 5.74) is 1.38. The Labute approximate surface area is 79.7 Å². The van der Waals surface area contributed by atoms with Crippen LogP contribution in [-0.4, -0.2) is 0 Å². The van der Waals surface area contributed by atoms with Crippen LogP contribution in [0.1, 0.15) is 18.4 Å². The summed E-state index contributed by atoms with van der Waals surface area (Å²) >= 11 is 4.22. The molecule has 0 atom stereocenters.